The summed E-state index contributed by atoms with van der Waals surface area (Å²) in [5, 5.41) is 6.17. The molecule has 6 heteroatoms. The molecular formula is C14H20ClN3O2. The molecule has 0 aromatic heterocycles. The number of piperazine rings is 1. The predicted molar refractivity (Wildman–Crippen MR) is 82.1 cm³/mol. The molecule has 1 saturated heterocycles. The number of ketones is 1. The van der Waals surface area contributed by atoms with Crippen molar-refractivity contribution in [3.8, 4) is 5.75 Å². The number of methoxy groups -OCH3 is 1. The lowest BCUT2D eigenvalue weighted by molar-refractivity contribution is 0.106. The van der Waals surface area contributed by atoms with E-state index in [2.05, 4.69) is 17.0 Å². The molecule has 0 spiro atoms. The van der Waals surface area contributed by atoms with Crippen LogP contribution >= 0.6 is 12.4 Å². The number of carbonyl (C=O) groups excluding carboxylic acids is 1. The van der Waals surface area contributed by atoms with E-state index in [1.165, 1.54) is 6.21 Å². The highest BCUT2D eigenvalue weighted by Crippen LogP contribution is 2.11. The van der Waals surface area contributed by atoms with E-state index in [0.717, 1.165) is 31.9 Å². The van der Waals surface area contributed by atoms with Crippen LogP contribution < -0.4 is 4.74 Å². The van der Waals surface area contributed by atoms with Gasteiger partial charge in [-0.2, -0.15) is 5.10 Å². The highest BCUT2D eigenvalue weighted by atomic mass is 35.5. The summed E-state index contributed by atoms with van der Waals surface area (Å²) in [6.07, 6.45) is 1.40. The number of halogens is 1. The molecule has 20 heavy (non-hydrogen) atoms. The van der Waals surface area contributed by atoms with Gasteiger partial charge in [0.1, 0.15) is 5.75 Å². The van der Waals surface area contributed by atoms with E-state index in [1.54, 1.807) is 31.4 Å². The van der Waals surface area contributed by atoms with E-state index in [4.69, 9.17) is 4.74 Å². The van der Waals surface area contributed by atoms with Crippen LogP contribution in [0.2, 0.25) is 0 Å². The number of benzene rings is 1. The highest BCUT2D eigenvalue weighted by molar-refractivity contribution is 6.35. The summed E-state index contributed by atoms with van der Waals surface area (Å²) in [6, 6.07) is 7.04. The molecule has 0 aliphatic carbocycles. The van der Waals surface area contributed by atoms with Crippen LogP contribution in [0.1, 0.15) is 10.4 Å². The predicted octanol–water partition coefficient (Wildman–Crippen LogP) is 1.53. The zero-order chi connectivity index (χ0) is 13.7. The van der Waals surface area contributed by atoms with Gasteiger partial charge in [0.2, 0.25) is 5.78 Å². The molecule has 1 aliphatic rings. The average molecular weight is 298 g/mol. The monoisotopic (exact) mass is 297 g/mol. The lowest BCUT2D eigenvalue weighted by Crippen LogP contribution is -2.41. The molecule has 0 atom stereocenters. The van der Waals surface area contributed by atoms with E-state index in [9.17, 15) is 4.79 Å². The van der Waals surface area contributed by atoms with Gasteiger partial charge in [-0.1, -0.05) is 0 Å². The Morgan fingerprint density at radius 2 is 1.80 bits per heavy atom. The van der Waals surface area contributed by atoms with E-state index in [0.29, 0.717) is 5.56 Å². The Bertz CT molecular complexity index is 454. The third kappa shape index (κ3) is 4.51. The summed E-state index contributed by atoms with van der Waals surface area (Å²) >= 11 is 0. The molecular weight excluding hydrogens is 278 g/mol. The average Bonchev–Trinajstić information content (AvgIpc) is 2.46. The lowest BCUT2D eigenvalue weighted by Gasteiger charge is -2.30. The van der Waals surface area contributed by atoms with Crippen molar-refractivity contribution in [2.75, 3.05) is 40.3 Å². The quantitative estimate of drug-likeness (QED) is 0.625. The summed E-state index contributed by atoms with van der Waals surface area (Å²) in [5.74, 6) is 0.661. The zero-order valence-corrected chi connectivity index (χ0v) is 12.6. The van der Waals surface area contributed by atoms with Crippen molar-refractivity contribution in [2.24, 2.45) is 5.10 Å². The third-order valence-electron chi connectivity index (χ3n) is 3.19. The molecule has 0 saturated carbocycles. The van der Waals surface area contributed by atoms with Crippen molar-refractivity contribution in [3.63, 3.8) is 0 Å². The highest BCUT2D eigenvalue weighted by Gasteiger charge is 2.11. The first-order valence-corrected chi connectivity index (χ1v) is 6.35. The Morgan fingerprint density at radius 3 is 2.35 bits per heavy atom. The number of hydrogen-bond donors (Lipinski definition) is 0. The maximum atomic E-state index is 11.9. The van der Waals surface area contributed by atoms with Gasteiger partial charge in [-0.15, -0.1) is 12.4 Å². The molecule has 1 heterocycles. The molecule has 5 nitrogen and oxygen atoms in total. The van der Waals surface area contributed by atoms with Crippen LogP contribution in [-0.4, -0.2) is 62.2 Å². The summed E-state index contributed by atoms with van der Waals surface area (Å²) in [6.45, 7) is 3.69. The first-order chi connectivity index (χ1) is 9.19. The standard InChI is InChI=1S/C14H19N3O2.ClH/c1-16-7-9-17(10-8-16)15-11-14(18)12-3-5-13(19-2)6-4-12;/h3-6,11H,7-10H2,1-2H3;1H/b15-11-;. The first-order valence-electron chi connectivity index (χ1n) is 6.35. The number of Topliss-reactive ketones (excluding diaryl/α,β-unsaturated/α-hetero) is 1. The topological polar surface area (TPSA) is 45.1 Å². The molecule has 1 fully saturated rings. The van der Waals surface area contributed by atoms with Gasteiger partial charge in [-0.3, -0.25) is 9.80 Å². The van der Waals surface area contributed by atoms with Gasteiger partial charge in [-0.05, 0) is 31.3 Å². The van der Waals surface area contributed by atoms with Crippen LogP contribution in [0.5, 0.6) is 5.75 Å². The fourth-order valence-corrected chi connectivity index (χ4v) is 1.88. The number of likely N-dealkylation sites (N-methyl/N-ethyl adjacent to an activating group) is 1. The molecule has 0 bridgehead atoms. The van der Waals surface area contributed by atoms with Gasteiger partial charge in [0.25, 0.3) is 0 Å². The van der Waals surface area contributed by atoms with Crippen molar-refractivity contribution in [1.82, 2.24) is 9.91 Å². The molecule has 0 N–H and O–H groups in total. The Morgan fingerprint density at radius 1 is 1.20 bits per heavy atom. The maximum Gasteiger partial charge on any atom is 0.205 e. The Labute approximate surface area is 125 Å². The third-order valence-corrected chi connectivity index (χ3v) is 3.19. The normalized spacial score (nSPS) is 16.0. The van der Waals surface area contributed by atoms with Gasteiger partial charge < -0.3 is 9.64 Å². The molecule has 1 aliphatic heterocycles. The second kappa shape index (κ2) is 7.87. The minimum Gasteiger partial charge on any atom is -0.497 e. The molecule has 0 amide bonds. The zero-order valence-electron chi connectivity index (χ0n) is 11.8. The van der Waals surface area contributed by atoms with Crippen molar-refractivity contribution in [1.29, 1.82) is 0 Å². The number of hydrazone groups is 1. The summed E-state index contributed by atoms with van der Waals surface area (Å²) < 4.78 is 5.06. The SMILES string of the molecule is COc1ccc(C(=O)/C=N\N2CCN(C)CC2)cc1.Cl. The van der Waals surface area contributed by atoms with Crippen LogP contribution in [0.25, 0.3) is 0 Å². The van der Waals surface area contributed by atoms with Gasteiger partial charge in [0, 0.05) is 31.7 Å². The van der Waals surface area contributed by atoms with E-state index < -0.39 is 0 Å². The summed E-state index contributed by atoms with van der Waals surface area (Å²) in [5.41, 5.74) is 0.624. The van der Waals surface area contributed by atoms with Gasteiger partial charge in [0.05, 0.1) is 13.3 Å². The number of ether oxygens (including phenoxy) is 1. The number of nitrogens with zero attached hydrogens (tertiary/aromatic N) is 3. The minimum absolute atomic E-state index is 0. The largest absolute Gasteiger partial charge is 0.497 e. The Balaban J connectivity index is 0.00000200. The smallest absolute Gasteiger partial charge is 0.205 e. The van der Waals surface area contributed by atoms with E-state index in [-0.39, 0.29) is 18.2 Å². The molecule has 110 valence electrons. The van der Waals surface area contributed by atoms with Crippen molar-refractivity contribution >= 4 is 24.4 Å². The maximum absolute atomic E-state index is 11.9. The Hall–Kier alpha value is -1.59. The van der Waals surface area contributed by atoms with Crippen LogP contribution in [0.15, 0.2) is 29.4 Å². The van der Waals surface area contributed by atoms with Crippen LogP contribution in [0, 0.1) is 0 Å². The summed E-state index contributed by atoms with van der Waals surface area (Å²) in [7, 11) is 3.69. The molecule has 0 radical (unpaired) electrons. The minimum atomic E-state index is -0.0819. The fraction of sp³-hybridized carbons (Fsp3) is 0.429. The first kappa shape index (κ1) is 16.5. The van der Waals surface area contributed by atoms with Gasteiger partial charge in [-0.25, -0.2) is 0 Å². The van der Waals surface area contributed by atoms with Gasteiger partial charge >= 0.3 is 0 Å². The molecule has 1 aromatic carbocycles. The van der Waals surface area contributed by atoms with Gasteiger partial charge in [0.15, 0.2) is 0 Å². The number of rotatable bonds is 4. The second-order valence-electron chi connectivity index (χ2n) is 4.59. The molecule has 1 aromatic rings. The van der Waals surface area contributed by atoms with Crippen molar-refractivity contribution < 1.29 is 9.53 Å². The van der Waals surface area contributed by atoms with Crippen molar-refractivity contribution in [2.45, 2.75) is 0 Å². The van der Waals surface area contributed by atoms with Crippen LogP contribution in [0.4, 0.5) is 0 Å². The fourth-order valence-electron chi connectivity index (χ4n) is 1.88. The lowest BCUT2D eigenvalue weighted by atomic mass is 10.1. The summed E-state index contributed by atoms with van der Waals surface area (Å²) in [4.78, 5) is 14.2. The van der Waals surface area contributed by atoms with Crippen molar-refractivity contribution in [3.05, 3.63) is 29.8 Å². The second-order valence-corrected chi connectivity index (χ2v) is 4.59. The Kier molecular flexibility index (Phi) is 6.48. The molecule has 2 rings (SSSR count). The van der Waals surface area contributed by atoms with Crippen LogP contribution in [-0.2, 0) is 0 Å². The number of carbonyl (C=O) groups is 1. The number of hydrogen-bond acceptors (Lipinski definition) is 5. The molecule has 0 unspecified atom stereocenters. The van der Waals surface area contributed by atoms with Crippen LogP contribution in [0.3, 0.4) is 0 Å². The van der Waals surface area contributed by atoms with E-state index >= 15 is 0 Å². The van der Waals surface area contributed by atoms with E-state index in [1.807, 2.05) is 5.01 Å².